The first-order valence-corrected chi connectivity index (χ1v) is 6.49. The third-order valence-corrected chi connectivity index (χ3v) is 3.40. The molecule has 4 nitrogen and oxygen atoms in total. The highest BCUT2D eigenvalue weighted by Crippen LogP contribution is 2.18. The van der Waals surface area contributed by atoms with E-state index in [9.17, 15) is 14.7 Å². The quantitative estimate of drug-likeness (QED) is 0.873. The SMILES string of the molecule is CC(C)C(C)C(=O)NC(C(=O)O)c1ccc(Cl)cc1. The lowest BCUT2D eigenvalue weighted by Gasteiger charge is -2.20. The molecule has 0 saturated heterocycles. The van der Waals surface area contributed by atoms with Crippen LogP contribution in [-0.4, -0.2) is 17.0 Å². The van der Waals surface area contributed by atoms with Crippen molar-refractivity contribution in [2.24, 2.45) is 11.8 Å². The molecule has 2 unspecified atom stereocenters. The number of carbonyl (C=O) groups excluding carboxylic acids is 1. The number of rotatable bonds is 5. The van der Waals surface area contributed by atoms with Crippen LogP contribution in [0.1, 0.15) is 32.4 Å². The van der Waals surface area contributed by atoms with Gasteiger partial charge in [0.2, 0.25) is 5.91 Å². The third-order valence-electron chi connectivity index (χ3n) is 3.15. The molecule has 0 aromatic heterocycles. The van der Waals surface area contributed by atoms with Gasteiger partial charge in [-0.1, -0.05) is 44.5 Å². The molecule has 1 amide bonds. The Hall–Kier alpha value is -1.55. The van der Waals surface area contributed by atoms with Crippen molar-refractivity contribution in [1.29, 1.82) is 0 Å². The summed E-state index contributed by atoms with van der Waals surface area (Å²) in [5.74, 6) is -1.45. The largest absolute Gasteiger partial charge is 0.479 e. The summed E-state index contributed by atoms with van der Waals surface area (Å²) in [5.41, 5.74) is 0.501. The topological polar surface area (TPSA) is 66.4 Å². The van der Waals surface area contributed by atoms with Crippen LogP contribution < -0.4 is 5.32 Å². The Morgan fingerprint density at radius 1 is 1.16 bits per heavy atom. The number of amides is 1. The van der Waals surface area contributed by atoms with Gasteiger partial charge in [-0.3, -0.25) is 4.79 Å². The maximum absolute atomic E-state index is 11.9. The van der Waals surface area contributed by atoms with E-state index in [0.717, 1.165) is 0 Å². The number of carboxylic acid groups (broad SMARTS) is 1. The van der Waals surface area contributed by atoms with Crippen molar-refractivity contribution >= 4 is 23.5 Å². The molecule has 0 saturated carbocycles. The molecule has 0 aliphatic heterocycles. The smallest absolute Gasteiger partial charge is 0.330 e. The summed E-state index contributed by atoms with van der Waals surface area (Å²) >= 11 is 5.76. The van der Waals surface area contributed by atoms with Gasteiger partial charge in [-0.25, -0.2) is 4.79 Å². The maximum Gasteiger partial charge on any atom is 0.330 e. The number of hydrogen-bond donors (Lipinski definition) is 2. The number of hydrogen-bond acceptors (Lipinski definition) is 2. The molecule has 19 heavy (non-hydrogen) atoms. The Morgan fingerprint density at radius 2 is 1.68 bits per heavy atom. The van der Waals surface area contributed by atoms with Crippen LogP contribution in [0.2, 0.25) is 5.02 Å². The van der Waals surface area contributed by atoms with Gasteiger partial charge in [-0.05, 0) is 23.6 Å². The second-order valence-electron chi connectivity index (χ2n) is 4.86. The molecule has 0 aliphatic carbocycles. The van der Waals surface area contributed by atoms with E-state index in [0.29, 0.717) is 10.6 Å². The van der Waals surface area contributed by atoms with E-state index < -0.39 is 12.0 Å². The second-order valence-corrected chi connectivity index (χ2v) is 5.30. The van der Waals surface area contributed by atoms with Gasteiger partial charge in [0.15, 0.2) is 6.04 Å². The summed E-state index contributed by atoms with van der Waals surface area (Å²) < 4.78 is 0. The Labute approximate surface area is 117 Å². The summed E-state index contributed by atoms with van der Waals surface area (Å²) in [7, 11) is 0. The summed E-state index contributed by atoms with van der Waals surface area (Å²) in [5, 5.41) is 12.3. The molecule has 0 fully saturated rings. The highest BCUT2D eigenvalue weighted by Gasteiger charge is 2.25. The Balaban J connectivity index is 2.88. The highest BCUT2D eigenvalue weighted by molar-refractivity contribution is 6.30. The predicted octanol–water partition coefficient (Wildman–Crippen LogP) is 2.87. The van der Waals surface area contributed by atoms with E-state index in [1.807, 2.05) is 13.8 Å². The predicted molar refractivity (Wildman–Crippen MR) is 74.0 cm³/mol. The minimum atomic E-state index is -1.09. The van der Waals surface area contributed by atoms with E-state index in [1.165, 1.54) is 0 Å². The molecule has 2 N–H and O–H groups in total. The molecule has 104 valence electrons. The molecule has 0 heterocycles. The van der Waals surface area contributed by atoms with Crippen molar-refractivity contribution in [2.45, 2.75) is 26.8 Å². The first kappa shape index (κ1) is 15.5. The van der Waals surface area contributed by atoms with E-state index in [1.54, 1.807) is 31.2 Å². The van der Waals surface area contributed by atoms with Gasteiger partial charge in [0.05, 0.1) is 0 Å². The molecule has 1 aromatic rings. The molecule has 5 heteroatoms. The standard InChI is InChI=1S/C14H18ClNO3/c1-8(2)9(3)13(17)16-12(14(18)19)10-4-6-11(15)7-5-10/h4-9,12H,1-3H3,(H,16,17)(H,18,19). The third kappa shape index (κ3) is 4.24. The molecule has 0 aliphatic rings. The van der Waals surface area contributed by atoms with Crippen LogP contribution in [0.15, 0.2) is 24.3 Å². The number of aliphatic carboxylic acids is 1. The van der Waals surface area contributed by atoms with Crippen LogP contribution in [0.25, 0.3) is 0 Å². The zero-order valence-electron chi connectivity index (χ0n) is 11.2. The molecule has 0 bridgehead atoms. The van der Waals surface area contributed by atoms with Crippen molar-refractivity contribution < 1.29 is 14.7 Å². The van der Waals surface area contributed by atoms with E-state index in [-0.39, 0.29) is 17.7 Å². The lowest BCUT2D eigenvalue weighted by atomic mass is 9.96. The molecular formula is C14H18ClNO3. The van der Waals surface area contributed by atoms with Gasteiger partial charge in [0.1, 0.15) is 0 Å². The molecule has 1 aromatic carbocycles. The molecule has 2 atom stereocenters. The zero-order chi connectivity index (χ0) is 14.6. The average molecular weight is 284 g/mol. The lowest BCUT2D eigenvalue weighted by Crippen LogP contribution is -2.38. The highest BCUT2D eigenvalue weighted by atomic mass is 35.5. The van der Waals surface area contributed by atoms with Gasteiger partial charge in [-0.2, -0.15) is 0 Å². The van der Waals surface area contributed by atoms with Crippen LogP contribution in [0.3, 0.4) is 0 Å². The number of benzene rings is 1. The van der Waals surface area contributed by atoms with E-state index >= 15 is 0 Å². The van der Waals surface area contributed by atoms with Gasteiger partial charge in [0, 0.05) is 10.9 Å². The van der Waals surface area contributed by atoms with E-state index in [2.05, 4.69) is 5.32 Å². The summed E-state index contributed by atoms with van der Waals surface area (Å²) in [6.07, 6.45) is 0. The van der Waals surface area contributed by atoms with E-state index in [4.69, 9.17) is 11.6 Å². The number of halogens is 1. The van der Waals surface area contributed by atoms with Gasteiger partial charge in [0.25, 0.3) is 0 Å². The summed E-state index contributed by atoms with van der Waals surface area (Å²) in [6, 6.07) is 5.35. The van der Waals surface area contributed by atoms with Crippen molar-refractivity contribution in [3.05, 3.63) is 34.9 Å². The van der Waals surface area contributed by atoms with Crippen molar-refractivity contribution in [1.82, 2.24) is 5.32 Å². The van der Waals surface area contributed by atoms with Crippen molar-refractivity contribution in [3.8, 4) is 0 Å². The van der Waals surface area contributed by atoms with Crippen LogP contribution >= 0.6 is 11.6 Å². The number of carbonyl (C=O) groups is 2. The lowest BCUT2D eigenvalue weighted by molar-refractivity contribution is -0.142. The first-order chi connectivity index (χ1) is 8.82. The average Bonchev–Trinajstić information content (AvgIpc) is 2.35. The minimum Gasteiger partial charge on any atom is -0.479 e. The Morgan fingerprint density at radius 3 is 2.11 bits per heavy atom. The molecule has 1 rings (SSSR count). The van der Waals surface area contributed by atoms with Crippen LogP contribution in [0.5, 0.6) is 0 Å². The zero-order valence-corrected chi connectivity index (χ0v) is 11.9. The van der Waals surface area contributed by atoms with Crippen LogP contribution in [0.4, 0.5) is 0 Å². The van der Waals surface area contributed by atoms with Gasteiger partial charge in [-0.15, -0.1) is 0 Å². The van der Waals surface area contributed by atoms with Crippen LogP contribution in [-0.2, 0) is 9.59 Å². The molecule has 0 radical (unpaired) electrons. The first-order valence-electron chi connectivity index (χ1n) is 6.11. The monoisotopic (exact) mass is 283 g/mol. The van der Waals surface area contributed by atoms with Crippen LogP contribution in [0, 0.1) is 11.8 Å². The number of carboxylic acids is 1. The minimum absolute atomic E-state index is 0.152. The second kappa shape index (κ2) is 6.57. The fourth-order valence-electron chi connectivity index (χ4n) is 1.52. The van der Waals surface area contributed by atoms with Gasteiger partial charge >= 0.3 is 5.97 Å². The fourth-order valence-corrected chi connectivity index (χ4v) is 1.65. The molecule has 0 spiro atoms. The van der Waals surface area contributed by atoms with Crippen molar-refractivity contribution in [3.63, 3.8) is 0 Å². The van der Waals surface area contributed by atoms with Gasteiger partial charge < -0.3 is 10.4 Å². The number of nitrogens with one attached hydrogen (secondary N) is 1. The fraction of sp³-hybridized carbons (Fsp3) is 0.429. The Bertz CT molecular complexity index is 456. The summed E-state index contributed by atoms with van der Waals surface area (Å²) in [4.78, 5) is 23.2. The maximum atomic E-state index is 11.9. The van der Waals surface area contributed by atoms with Crippen molar-refractivity contribution in [2.75, 3.05) is 0 Å². The normalized spacial score (nSPS) is 13.9. The summed E-state index contributed by atoms with van der Waals surface area (Å²) in [6.45, 7) is 5.62. The molecular weight excluding hydrogens is 266 g/mol. The Kier molecular flexibility index (Phi) is 5.36.